The topological polar surface area (TPSA) is 73.3 Å². The fraction of sp³-hybridized carbons (Fsp3) is 0.250. The summed E-state index contributed by atoms with van der Waals surface area (Å²) in [7, 11) is 1.59. The number of benzene rings is 2. The van der Waals surface area contributed by atoms with Crippen molar-refractivity contribution in [3.8, 4) is 22.9 Å². The molecule has 0 radical (unpaired) electrons. The van der Waals surface area contributed by atoms with Gasteiger partial charge in [-0.15, -0.1) is 0 Å². The van der Waals surface area contributed by atoms with Crippen LogP contribution in [0.2, 0.25) is 5.02 Å². The van der Waals surface area contributed by atoms with Crippen molar-refractivity contribution < 1.29 is 14.3 Å². The summed E-state index contributed by atoms with van der Waals surface area (Å²) in [4.78, 5) is 16.6. The first-order chi connectivity index (χ1) is 13.6. The number of carbonyl (C=O) groups is 1. The van der Waals surface area contributed by atoms with Gasteiger partial charge in [0.15, 0.2) is 17.3 Å². The number of halogens is 1. The molecule has 1 amide bonds. The van der Waals surface area contributed by atoms with Crippen LogP contribution in [-0.2, 0) is 11.2 Å². The molecule has 1 N–H and O–H groups in total. The number of anilines is 1. The van der Waals surface area contributed by atoms with Crippen LogP contribution in [0.15, 0.2) is 42.5 Å². The predicted octanol–water partition coefficient (Wildman–Crippen LogP) is 4.84. The monoisotopic (exact) mass is 417 g/mol. The van der Waals surface area contributed by atoms with Crippen LogP contribution in [0.3, 0.4) is 0 Å². The van der Waals surface area contributed by atoms with E-state index in [1.807, 2.05) is 37.3 Å². The van der Waals surface area contributed by atoms with Crippen molar-refractivity contribution in [3.63, 3.8) is 0 Å². The maximum Gasteiger partial charge on any atom is 0.230 e. The van der Waals surface area contributed by atoms with Gasteiger partial charge >= 0.3 is 0 Å². The van der Waals surface area contributed by atoms with Gasteiger partial charge in [-0.1, -0.05) is 30.7 Å². The molecule has 0 bridgehead atoms. The third-order valence-electron chi connectivity index (χ3n) is 3.83. The Bertz CT molecular complexity index is 944. The normalized spacial score (nSPS) is 10.5. The van der Waals surface area contributed by atoms with E-state index in [1.54, 1.807) is 19.2 Å². The minimum Gasteiger partial charge on any atom is -0.493 e. The van der Waals surface area contributed by atoms with Crippen molar-refractivity contribution in [1.29, 1.82) is 0 Å². The predicted molar refractivity (Wildman–Crippen MR) is 111 cm³/mol. The second-order valence-corrected chi connectivity index (χ2v) is 7.18. The summed E-state index contributed by atoms with van der Waals surface area (Å²) in [5.74, 6) is 1.66. The summed E-state index contributed by atoms with van der Waals surface area (Å²) < 4.78 is 15.4. The summed E-state index contributed by atoms with van der Waals surface area (Å²) in [5.41, 5.74) is 1.66. The number of nitrogens with zero attached hydrogens (tertiary/aromatic N) is 2. The SMILES string of the molecule is CCCOc1ccc(-c2nsc(NC(=O)Cc3ccc(Cl)cc3)n2)cc1OC. The first-order valence-corrected chi connectivity index (χ1v) is 9.93. The van der Waals surface area contributed by atoms with Gasteiger partial charge in [0.2, 0.25) is 11.0 Å². The van der Waals surface area contributed by atoms with Crippen molar-refractivity contribution in [2.75, 3.05) is 19.0 Å². The highest BCUT2D eigenvalue weighted by Crippen LogP contribution is 2.32. The van der Waals surface area contributed by atoms with Gasteiger partial charge in [0.25, 0.3) is 0 Å². The molecular formula is C20H20ClN3O3S. The molecule has 28 heavy (non-hydrogen) atoms. The van der Waals surface area contributed by atoms with Crippen molar-refractivity contribution >= 4 is 34.2 Å². The Morgan fingerprint density at radius 1 is 1.18 bits per heavy atom. The van der Waals surface area contributed by atoms with Crippen LogP contribution in [0.5, 0.6) is 11.5 Å². The summed E-state index contributed by atoms with van der Waals surface area (Å²) >= 11 is 6.99. The Morgan fingerprint density at radius 3 is 2.68 bits per heavy atom. The lowest BCUT2D eigenvalue weighted by Crippen LogP contribution is -2.14. The average molecular weight is 418 g/mol. The number of hydrogen-bond acceptors (Lipinski definition) is 6. The number of aromatic nitrogens is 2. The minimum atomic E-state index is -0.161. The lowest BCUT2D eigenvalue weighted by atomic mass is 10.1. The Hall–Kier alpha value is -2.64. The second kappa shape index (κ2) is 9.52. The van der Waals surface area contributed by atoms with E-state index in [2.05, 4.69) is 14.7 Å². The number of amides is 1. The van der Waals surface area contributed by atoms with E-state index >= 15 is 0 Å². The summed E-state index contributed by atoms with van der Waals surface area (Å²) in [6.07, 6.45) is 1.15. The Balaban J connectivity index is 1.67. The first-order valence-electron chi connectivity index (χ1n) is 8.78. The number of ether oxygens (including phenoxy) is 2. The van der Waals surface area contributed by atoms with E-state index in [4.69, 9.17) is 21.1 Å². The molecule has 8 heteroatoms. The van der Waals surface area contributed by atoms with E-state index in [9.17, 15) is 4.79 Å². The number of methoxy groups -OCH3 is 1. The Labute approximate surface area is 172 Å². The van der Waals surface area contributed by atoms with E-state index < -0.39 is 0 Å². The van der Waals surface area contributed by atoms with Gasteiger partial charge in [-0.05, 0) is 42.3 Å². The standard InChI is InChI=1S/C20H20ClN3O3S/c1-3-10-27-16-9-6-14(12-17(16)26-2)19-23-20(28-24-19)22-18(25)11-13-4-7-15(21)8-5-13/h4-9,12H,3,10-11H2,1-2H3,(H,22,23,24,25). The van der Waals surface area contributed by atoms with Crippen molar-refractivity contribution in [3.05, 3.63) is 53.1 Å². The molecule has 0 aliphatic carbocycles. The van der Waals surface area contributed by atoms with Crippen molar-refractivity contribution in [1.82, 2.24) is 9.36 Å². The number of carbonyl (C=O) groups excluding carboxylic acids is 1. The van der Waals surface area contributed by atoms with Gasteiger partial charge in [-0.3, -0.25) is 4.79 Å². The molecule has 0 fully saturated rings. The molecule has 1 heterocycles. The smallest absolute Gasteiger partial charge is 0.230 e. The lowest BCUT2D eigenvalue weighted by Gasteiger charge is -2.10. The molecule has 0 saturated heterocycles. The molecule has 6 nitrogen and oxygen atoms in total. The average Bonchev–Trinajstić information content (AvgIpc) is 3.16. The van der Waals surface area contributed by atoms with Crippen molar-refractivity contribution in [2.24, 2.45) is 0 Å². The highest BCUT2D eigenvalue weighted by molar-refractivity contribution is 7.10. The van der Waals surface area contributed by atoms with Crippen LogP contribution < -0.4 is 14.8 Å². The van der Waals surface area contributed by atoms with Crippen LogP contribution in [0, 0.1) is 0 Å². The molecule has 0 saturated carbocycles. The molecule has 0 aliphatic heterocycles. The highest BCUT2D eigenvalue weighted by atomic mass is 35.5. The van der Waals surface area contributed by atoms with Crippen LogP contribution in [-0.4, -0.2) is 29.0 Å². The van der Waals surface area contributed by atoms with Crippen LogP contribution >= 0.6 is 23.1 Å². The molecule has 1 aromatic heterocycles. The molecule has 146 valence electrons. The molecule has 0 spiro atoms. The minimum absolute atomic E-state index is 0.161. The largest absolute Gasteiger partial charge is 0.493 e. The van der Waals surface area contributed by atoms with Gasteiger partial charge in [-0.2, -0.15) is 9.36 Å². The van der Waals surface area contributed by atoms with E-state index in [0.717, 1.165) is 29.1 Å². The molecule has 3 aromatic rings. The van der Waals surface area contributed by atoms with Gasteiger partial charge in [0.05, 0.1) is 20.1 Å². The number of nitrogens with one attached hydrogen (secondary N) is 1. The van der Waals surface area contributed by atoms with Gasteiger partial charge < -0.3 is 14.8 Å². The van der Waals surface area contributed by atoms with E-state index in [0.29, 0.717) is 34.1 Å². The van der Waals surface area contributed by atoms with Gasteiger partial charge in [-0.25, -0.2) is 0 Å². The Morgan fingerprint density at radius 2 is 1.96 bits per heavy atom. The molecular weight excluding hydrogens is 398 g/mol. The molecule has 0 atom stereocenters. The molecule has 0 unspecified atom stereocenters. The fourth-order valence-corrected chi connectivity index (χ4v) is 3.21. The molecule has 0 aliphatic rings. The van der Waals surface area contributed by atoms with Crippen LogP contribution in [0.25, 0.3) is 11.4 Å². The second-order valence-electron chi connectivity index (χ2n) is 5.99. The van der Waals surface area contributed by atoms with Crippen LogP contribution in [0.1, 0.15) is 18.9 Å². The lowest BCUT2D eigenvalue weighted by molar-refractivity contribution is -0.115. The highest BCUT2D eigenvalue weighted by Gasteiger charge is 2.13. The summed E-state index contributed by atoms with van der Waals surface area (Å²) in [6, 6.07) is 12.7. The third-order valence-corrected chi connectivity index (χ3v) is 4.72. The van der Waals surface area contributed by atoms with Crippen LogP contribution in [0.4, 0.5) is 5.13 Å². The zero-order valence-electron chi connectivity index (χ0n) is 15.6. The first kappa shape index (κ1) is 20.1. The van der Waals surface area contributed by atoms with Gasteiger partial charge in [0, 0.05) is 22.1 Å². The summed E-state index contributed by atoms with van der Waals surface area (Å²) in [5, 5.41) is 3.86. The molecule has 2 aromatic carbocycles. The zero-order chi connectivity index (χ0) is 19.9. The maximum atomic E-state index is 12.2. The van der Waals surface area contributed by atoms with E-state index in [-0.39, 0.29) is 12.3 Å². The fourth-order valence-electron chi connectivity index (χ4n) is 2.48. The number of hydrogen-bond donors (Lipinski definition) is 1. The number of rotatable bonds is 8. The Kier molecular flexibility index (Phi) is 6.84. The zero-order valence-corrected chi connectivity index (χ0v) is 17.1. The molecule has 3 rings (SSSR count). The quantitative estimate of drug-likeness (QED) is 0.567. The van der Waals surface area contributed by atoms with Gasteiger partial charge in [0.1, 0.15) is 0 Å². The van der Waals surface area contributed by atoms with E-state index in [1.165, 1.54) is 0 Å². The summed E-state index contributed by atoms with van der Waals surface area (Å²) in [6.45, 7) is 2.66. The maximum absolute atomic E-state index is 12.2. The van der Waals surface area contributed by atoms with Crippen molar-refractivity contribution in [2.45, 2.75) is 19.8 Å². The third kappa shape index (κ3) is 5.21.